The normalized spacial score (nSPS) is 17.9. The van der Waals surface area contributed by atoms with Gasteiger partial charge >= 0.3 is 0 Å². The van der Waals surface area contributed by atoms with Gasteiger partial charge in [0.05, 0.1) is 19.9 Å². The lowest BCUT2D eigenvalue weighted by Crippen LogP contribution is -2.64. The van der Waals surface area contributed by atoms with Crippen molar-refractivity contribution in [2.24, 2.45) is 0 Å². The van der Waals surface area contributed by atoms with Crippen molar-refractivity contribution in [3.05, 3.63) is 64.5 Å². The zero-order valence-corrected chi connectivity index (χ0v) is 21.4. The van der Waals surface area contributed by atoms with E-state index in [2.05, 4.69) is 31.1 Å². The van der Waals surface area contributed by atoms with E-state index in [0.29, 0.717) is 54.3 Å². The third-order valence-electron chi connectivity index (χ3n) is 7.05. The number of amides is 1. The maximum Gasteiger partial charge on any atom is 0.272 e. The number of carbonyl (C=O) groups excluding carboxylic acids is 1. The highest BCUT2D eigenvalue weighted by molar-refractivity contribution is 9.10. The number of aliphatic hydroxyl groups is 1. The van der Waals surface area contributed by atoms with Gasteiger partial charge in [-0.15, -0.1) is 0 Å². The van der Waals surface area contributed by atoms with Gasteiger partial charge in [0.25, 0.3) is 5.91 Å². The minimum atomic E-state index is -0.413. The number of nitrogens with one attached hydrogen (secondary N) is 1. The van der Waals surface area contributed by atoms with Crippen LogP contribution >= 0.6 is 15.9 Å². The average Bonchev–Trinajstić information content (AvgIpc) is 2.89. The van der Waals surface area contributed by atoms with Crippen LogP contribution in [0, 0.1) is 0 Å². The molecule has 2 aliphatic heterocycles. The van der Waals surface area contributed by atoms with E-state index in [9.17, 15) is 9.90 Å². The number of piperidine rings is 1. The van der Waals surface area contributed by atoms with Crippen molar-refractivity contribution in [3.8, 4) is 11.5 Å². The van der Waals surface area contributed by atoms with Crippen molar-refractivity contribution in [2.75, 3.05) is 39.3 Å². The number of halogens is 1. The number of para-hydroxylation sites is 1. The quantitative estimate of drug-likeness (QED) is 0.473. The summed E-state index contributed by atoms with van der Waals surface area (Å²) in [6.45, 7) is 1.07. The summed E-state index contributed by atoms with van der Waals surface area (Å²) in [4.78, 5) is 22.2. The Bertz CT molecular complexity index is 1330. The van der Waals surface area contributed by atoms with Crippen LogP contribution in [0.4, 0.5) is 5.69 Å². The summed E-state index contributed by atoms with van der Waals surface area (Å²) in [6, 6.07) is 13.3. The lowest BCUT2D eigenvalue weighted by Gasteiger charge is -2.52. The van der Waals surface area contributed by atoms with E-state index in [4.69, 9.17) is 9.47 Å². The summed E-state index contributed by atoms with van der Waals surface area (Å²) in [5.41, 5.74) is 3.14. The highest BCUT2D eigenvalue weighted by Crippen LogP contribution is 2.41. The second-order valence-electron chi connectivity index (χ2n) is 8.78. The first kappa shape index (κ1) is 23.3. The van der Waals surface area contributed by atoms with E-state index in [0.717, 1.165) is 27.4 Å². The number of aromatic nitrogens is 1. The van der Waals surface area contributed by atoms with Crippen LogP contribution in [-0.4, -0.2) is 60.9 Å². The van der Waals surface area contributed by atoms with Crippen LogP contribution in [-0.2, 0) is 0 Å². The van der Waals surface area contributed by atoms with E-state index in [-0.39, 0.29) is 5.91 Å². The third-order valence-corrected chi connectivity index (χ3v) is 7.54. The molecule has 2 aliphatic rings. The Morgan fingerprint density at radius 1 is 1.14 bits per heavy atom. The molecule has 0 radical (unpaired) electrons. The van der Waals surface area contributed by atoms with Crippen LogP contribution in [0.15, 0.2) is 53.2 Å². The number of methoxy groups -OCH3 is 2. The van der Waals surface area contributed by atoms with Gasteiger partial charge in [-0.1, -0.05) is 22.0 Å². The van der Waals surface area contributed by atoms with Gasteiger partial charge in [-0.3, -0.25) is 4.79 Å². The molecule has 1 aromatic heterocycles. The van der Waals surface area contributed by atoms with Crippen LogP contribution in [0.25, 0.3) is 16.6 Å². The van der Waals surface area contributed by atoms with Gasteiger partial charge in [-0.25, -0.2) is 4.98 Å². The lowest BCUT2D eigenvalue weighted by molar-refractivity contribution is 0.0646. The van der Waals surface area contributed by atoms with Crippen molar-refractivity contribution in [2.45, 2.75) is 18.5 Å². The Balaban J connectivity index is 1.41. The molecule has 3 aromatic rings. The number of hydrogen-bond acceptors (Lipinski definition) is 7. The van der Waals surface area contributed by atoms with E-state index < -0.39 is 5.66 Å². The first-order valence-electron chi connectivity index (χ1n) is 11.4. The monoisotopic (exact) mass is 538 g/mol. The molecule has 0 atom stereocenters. The smallest absolute Gasteiger partial charge is 0.272 e. The summed E-state index contributed by atoms with van der Waals surface area (Å²) >= 11 is 3.51. The largest absolute Gasteiger partial charge is 0.513 e. The molecule has 2 aromatic carbocycles. The fourth-order valence-electron chi connectivity index (χ4n) is 5.09. The molecule has 182 valence electrons. The van der Waals surface area contributed by atoms with E-state index in [1.165, 1.54) is 0 Å². The van der Waals surface area contributed by atoms with Crippen molar-refractivity contribution >= 4 is 44.1 Å². The summed E-state index contributed by atoms with van der Waals surface area (Å²) in [5, 5.41) is 14.3. The number of benzene rings is 2. The average molecular weight is 539 g/mol. The molecule has 2 N–H and O–H groups in total. The van der Waals surface area contributed by atoms with Gasteiger partial charge in [-0.2, -0.15) is 0 Å². The van der Waals surface area contributed by atoms with Crippen molar-refractivity contribution in [1.82, 2.24) is 15.2 Å². The van der Waals surface area contributed by atoms with Crippen molar-refractivity contribution in [1.29, 1.82) is 0 Å². The first-order valence-corrected chi connectivity index (χ1v) is 12.2. The number of nitrogens with zero attached hydrogens (tertiary/aromatic N) is 3. The van der Waals surface area contributed by atoms with Gasteiger partial charge in [-0.05, 0) is 30.3 Å². The van der Waals surface area contributed by atoms with Gasteiger partial charge in [0.2, 0.25) is 0 Å². The molecule has 1 spiro atoms. The maximum atomic E-state index is 13.5. The molecule has 1 saturated heterocycles. The summed E-state index contributed by atoms with van der Waals surface area (Å²) in [5.74, 6) is 1.03. The molecule has 35 heavy (non-hydrogen) atoms. The molecular formula is C26H27BrN4O4. The molecular weight excluding hydrogens is 512 g/mol. The molecule has 8 nitrogen and oxygen atoms in total. The molecule has 0 bridgehead atoms. The number of anilines is 1. The van der Waals surface area contributed by atoms with Crippen LogP contribution in [0.5, 0.6) is 11.5 Å². The first-order chi connectivity index (χ1) is 16.9. The third kappa shape index (κ3) is 3.83. The number of pyridine rings is 1. The van der Waals surface area contributed by atoms with E-state index in [1.807, 2.05) is 48.3 Å². The molecule has 3 heterocycles. The van der Waals surface area contributed by atoms with Crippen molar-refractivity contribution < 1.29 is 19.4 Å². The molecule has 1 amide bonds. The van der Waals surface area contributed by atoms with Crippen LogP contribution in [0.3, 0.4) is 0 Å². The number of ether oxygens (including phenoxy) is 2. The van der Waals surface area contributed by atoms with Gasteiger partial charge in [0.1, 0.15) is 34.6 Å². The second-order valence-corrected chi connectivity index (χ2v) is 9.69. The number of aliphatic hydroxyl groups excluding tert-OH is 1. The summed E-state index contributed by atoms with van der Waals surface area (Å²) in [7, 11) is 5.22. The van der Waals surface area contributed by atoms with Gasteiger partial charge in [0.15, 0.2) is 0 Å². The van der Waals surface area contributed by atoms with Crippen molar-refractivity contribution in [3.63, 3.8) is 0 Å². The topological polar surface area (TPSA) is 87.2 Å². The zero-order valence-electron chi connectivity index (χ0n) is 19.8. The highest BCUT2D eigenvalue weighted by Gasteiger charge is 2.44. The lowest BCUT2D eigenvalue weighted by atomic mass is 9.89. The number of carbonyl (C=O) groups is 1. The SMILES string of the molecule is COc1cc(C(=O)N2CCC3(CC2)N/C(=C/O)c2cc(Br)ccc2N3C)nc2c(OC)cccc12. The van der Waals surface area contributed by atoms with Gasteiger partial charge < -0.3 is 29.7 Å². The standard InChI is InChI=1S/C26H27BrN4O4/c1-30-21-8-7-16(27)13-18(21)20(15-32)29-26(30)9-11-31(12-10-26)25(33)19-14-23(35-3)17-5-4-6-22(34-2)24(17)28-19/h4-8,13-15,29,32H,9-12H2,1-3H3/b20-15+. The zero-order chi connectivity index (χ0) is 24.7. The molecule has 1 fully saturated rings. The molecule has 9 heteroatoms. The molecule has 0 saturated carbocycles. The predicted molar refractivity (Wildman–Crippen MR) is 139 cm³/mol. The maximum absolute atomic E-state index is 13.5. The Labute approximate surface area is 212 Å². The fourth-order valence-corrected chi connectivity index (χ4v) is 5.45. The Kier molecular flexibility index (Phi) is 5.96. The minimum Gasteiger partial charge on any atom is -0.513 e. The van der Waals surface area contributed by atoms with Crippen LogP contribution < -0.4 is 19.7 Å². The summed E-state index contributed by atoms with van der Waals surface area (Å²) < 4.78 is 12.0. The highest BCUT2D eigenvalue weighted by atomic mass is 79.9. The number of likely N-dealkylation sites (tertiary alicyclic amines) is 1. The minimum absolute atomic E-state index is 0.147. The van der Waals surface area contributed by atoms with Gasteiger partial charge in [0, 0.05) is 60.2 Å². The molecule has 5 rings (SSSR count). The van der Waals surface area contributed by atoms with E-state index >= 15 is 0 Å². The number of rotatable bonds is 3. The van der Waals surface area contributed by atoms with E-state index in [1.54, 1.807) is 20.3 Å². The number of hydrogen-bond donors (Lipinski definition) is 2. The van der Waals surface area contributed by atoms with Crippen LogP contribution in [0.1, 0.15) is 28.9 Å². The predicted octanol–water partition coefficient (Wildman–Crippen LogP) is 4.54. The number of fused-ring (bicyclic) bond motifs is 2. The molecule has 0 aliphatic carbocycles. The van der Waals surface area contributed by atoms with Crippen LogP contribution in [0.2, 0.25) is 0 Å². The fraction of sp³-hybridized carbons (Fsp3) is 0.308. The Morgan fingerprint density at radius 2 is 1.89 bits per heavy atom. The Morgan fingerprint density at radius 3 is 2.57 bits per heavy atom. The summed E-state index contributed by atoms with van der Waals surface area (Å²) in [6.07, 6.45) is 2.47. The Hall–Kier alpha value is -3.46. The molecule has 0 unspecified atom stereocenters. The second kappa shape index (κ2) is 8.96.